The number of nitrogens with zero attached hydrogens (tertiary/aromatic N) is 2. The lowest BCUT2D eigenvalue weighted by molar-refractivity contribution is -0.604. The summed E-state index contributed by atoms with van der Waals surface area (Å²) in [5.41, 5.74) is 19.0. The van der Waals surface area contributed by atoms with Crippen LogP contribution in [-0.4, -0.2) is 9.97 Å². The molecular formula is C48H31N4+. The Bertz CT molecular complexity index is 3210. The van der Waals surface area contributed by atoms with Crippen LogP contribution in [0.15, 0.2) is 140 Å². The maximum absolute atomic E-state index is 7.07. The summed E-state index contributed by atoms with van der Waals surface area (Å²) >= 11 is 0. The highest BCUT2D eigenvalue weighted by Crippen LogP contribution is 2.53. The Balaban J connectivity index is 1.03. The molecule has 9 aromatic carbocycles. The third-order valence-corrected chi connectivity index (χ3v) is 11.9. The largest absolute Gasteiger partial charge is 0.393 e. The van der Waals surface area contributed by atoms with Gasteiger partial charge in [0.15, 0.2) is 5.70 Å². The normalized spacial score (nSPS) is 13.9. The van der Waals surface area contributed by atoms with Crippen molar-refractivity contribution >= 4 is 76.0 Å². The zero-order chi connectivity index (χ0) is 34.2. The summed E-state index contributed by atoms with van der Waals surface area (Å²) in [7, 11) is 0. The van der Waals surface area contributed by atoms with Gasteiger partial charge in [-0.15, -0.1) is 0 Å². The highest BCUT2D eigenvalue weighted by Gasteiger charge is 2.32. The van der Waals surface area contributed by atoms with E-state index in [2.05, 4.69) is 146 Å². The van der Waals surface area contributed by atoms with Crippen molar-refractivity contribution in [2.45, 2.75) is 13.0 Å². The van der Waals surface area contributed by atoms with E-state index in [1.807, 2.05) is 6.20 Å². The molecule has 0 bridgehead atoms. The fourth-order valence-electron chi connectivity index (χ4n) is 9.54. The second-order valence-corrected chi connectivity index (χ2v) is 14.5. The van der Waals surface area contributed by atoms with E-state index < -0.39 is 0 Å². The van der Waals surface area contributed by atoms with Crippen molar-refractivity contribution in [1.29, 1.82) is 0 Å². The Kier molecular flexibility index (Phi) is 5.41. The first kappa shape index (κ1) is 28.1. The Morgan fingerprint density at radius 2 is 1.04 bits per heavy atom. The quantitative estimate of drug-likeness (QED) is 0.145. The molecular weight excluding hydrogens is 633 g/mol. The molecule has 0 saturated heterocycles. The van der Waals surface area contributed by atoms with Crippen molar-refractivity contribution in [1.82, 2.24) is 9.97 Å². The maximum Gasteiger partial charge on any atom is 0.161 e. The zero-order valence-electron chi connectivity index (χ0n) is 28.4. The zero-order valence-corrected chi connectivity index (χ0v) is 28.4. The van der Waals surface area contributed by atoms with Gasteiger partial charge in [-0.3, -0.25) is 4.98 Å². The number of hydrogen-bond donors (Lipinski definition) is 2. The van der Waals surface area contributed by atoms with Gasteiger partial charge in [0.1, 0.15) is 11.7 Å². The van der Waals surface area contributed by atoms with E-state index in [1.54, 1.807) is 0 Å². The average molecular weight is 664 g/mol. The third-order valence-electron chi connectivity index (χ3n) is 11.9. The van der Waals surface area contributed by atoms with E-state index in [4.69, 9.17) is 15.7 Å². The van der Waals surface area contributed by atoms with E-state index >= 15 is 0 Å². The van der Waals surface area contributed by atoms with Gasteiger partial charge in [-0.1, -0.05) is 127 Å². The SMILES string of the molecule is CC([NH2+]C1=C(N)c2ccc3c4ccc5c6c(ccc(c7ccc1c2c73)c64)-c1ncc(-c2cccc3ccccc23)nc1-5)c1cccc2ccccc12. The summed E-state index contributed by atoms with van der Waals surface area (Å²) in [4.78, 5) is 10.4. The van der Waals surface area contributed by atoms with Crippen LogP contribution in [0, 0.1) is 0 Å². The van der Waals surface area contributed by atoms with Crippen molar-refractivity contribution in [3.05, 3.63) is 156 Å². The lowest BCUT2D eigenvalue weighted by Gasteiger charge is -2.17. The molecule has 1 aromatic heterocycles. The van der Waals surface area contributed by atoms with Crippen LogP contribution in [0.25, 0.3) is 110 Å². The van der Waals surface area contributed by atoms with E-state index in [1.165, 1.54) is 75.8 Å². The van der Waals surface area contributed by atoms with E-state index in [9.17, 15) is 0 Å². The lowest BCUT2D eigenvalue weighted by atomic mass is 9.86. The summed E-state index contributed by atoms with van der Waals surface area (Å²) in [6.45, 7) is 2.28. The van der Waals surface area contributed by atoms with E-state index in [-0.39, 0.29) is 6.04 Å². The van der Waals surface area contributed by atoms with Crippen molar-refractivity contribution in [2.24, 2.45) is 5.73 Å². The highest BCUT2D eigenvalue weighted by molar-refractivity contribution is 6.38. The summed E-state index contributed by atoms with van der Waals surface area (Å²) in [6.07, 6.45) is 1.95. The predicted octanol–water partition coefficient (Wildman–Crippen LogP) is 10.6. The minimum atomic E-state index is 0.189. The number of aromatic nitrogens is 2. The third kappa shape index (κ3) is 3.54. The van der Waals surface area contributed by atoms with Crippen LogP contribution >= 0.6 is 0 Å². The molecule has 4 N–H and O–H groups in total. The van der Waals surface area contributed by atoms with Gasteiger partial charge in [0.05, 0.1) is 23.3 Å². The monoisotopic (exact) mass is 663 g/mol. The molecule has 2 aliphatic rings. The Morgan fingerprint density at radius 1 is 0.481 bits per heavy atom. The van der Waals surface area contributed by atoms with Gasteiger partial charge in [-0.05, 0) is 66.9 Å². The highest BCUT2D eigenvalue weighted by atomic mass is 14.9. The van der Waals surface area contributed by atoms with Gasteiger partial charge < -0.3 is 11.1 Å². The molecule has 1 atom stereocenters. The molecule has 0 fully saturated rings. The molecule has 0 amide bonds. The van der Waals surface area contributed by atoms with Crippen LogP contribution in [0.5, 0.6) is 0 Å². The van der Waals surface area contributed by atoms with Crippen molar-refractivity contribution in [2.75, 3.05) is 0 Å². The summed E-state index contributed by atoms with van der Waals surface area (Å²) in [5.74, 6) is 0. The number of benzene rings is 9. The van der Waals surface area contributed by atoms with Gasteiger partial charge in [0.2, 0.25) is 0 Å². The van der Waals surface area contributed by atoms with Gasteiger partial charge in [0.25, 0.3) is 0 Å². The molecule has 2 aliphatic carbocycles. The minimum absolute atomic E-state index is 0.189. The van der Waals surface area contributed by atoms with Crippen LogP contribution in [-0.2, 0) is 0 Å². The predicted molar refractivity (Wildman–Crippen MR) is 216 cm³/mol. The molecule has 0 radical (unpaired) electrons. The Hall–Kier alpha value is -6.62. The molecule has 12 rings (SSSR count). The second kappa shape index (κ2) is 10.0. The molecule has 4 heteroatoms. The molecule has 0 aliphatic heterocycles. The molecule has 52 heavy (non-hydrogen) atoms. The van der Waals surface area contributed by atoms with Gasteiger partial charge in [-0.2, -0.15) is 0 Å². The standard InChI is InChI=1S/C48H30N4/c1-25(28-14-6-10-26-8-2-4-12-29(26)28)51-46-37-21-17-33-34-18-22-38-44-39(23-19-35(42(34)44)32-16-20-36(45(46)49)43(37)41(32)33)48-47(38)50-24-40(52-48)31-15-7-11-27-9-3-5-13-30(27)31/h2-25,51H,49H2,1H3/p+1. The Labute approximate surface area is 299 Å². The second-order valence-electron chi connectivity index (χ2n) is 14.5. The first-order chi connectivity index (χ1) is 25.6. The summed E-state index contributed by atoms with van der Waals surface area (Å²) < 4.78 is 0. The number of hydrogen-bond acceptors (Lipinski definition) is 3. The number of fused-ring (bicyclic) bond motifs is 7. The van der Waals surface area contributed by atoms with Crippen molar-refractivity contribution < 1.29 is 5.32 Å². The summed E-state index contributed by atoms with van der Waals surface area (Å²) in [6, 6.07) is 48.6. The first-order valence-electron chi connectivity index (χ1n) is 18.0. The molecule has 10 aromatic rings. The number of nitrogens with two attached hydrogens (primary N) is 2. The van der Waals surface area contributed by atoms with Crippen molar-refractivity contribution in [3.63, 3.8) is 0 Å². The fourth-order valence-corrected chi connectivity index (χ4v) is 9.54. The van der Waals surface area contributed by atoms with Gasteiger partial charge in [0, 0.05) is 44.2 Å². The van der Waals surface area contributed by atoms with Gasteiger partial charge in [-0.25, -0.2) is 4.98 Å². The lowest BCUT2D eigenvalue weighted by Crippen LogP contribution is -2.81. The number of quaternary nitrogens is 1. The topological polar surface area (TPSA) is 68.4 Å². The minimum Gasteiger partial charge on any atom is -0.393 e. The number of rotatable bonds is 4. The molecule has 1 unspecified atom stereocenters. The van der Waals surface area contributed by atoms with E-state index in [0.717, 1.165) is 50.7 Å². The van der Waals surface area contributed by atoms with Crippen LogP contribution < -0.4 is 11.1 Å². The average Bonchev–Trinajstić information content (AvgIpc) is 3.67. The maximum atomic E-state index is 7.07. The van der Waals surface area contributed by atoms with Crippen LogP contribution in [0.2, 0.25) is 0 Å². The molecule has 0 spiro atoms. The van der Waals surface area contributed by atoms with Crippen molar-refractivity contribution in [3.8, 4) is 33.8 Å². The summed E-state index contributed by atoms with van der Waals surface area (Å²) in [5, 5.41) is 17.4. The Morgan fingerprint density at radius 3 is 1.77 bits per heavy atom. The first-order valence-corrected chi connectivity index (χ1v) is 18.0. The molecule has 4 nitrogen and oxygen atoms in total. The molecule has 1 heterocycles. The van der Waals surface area contributed by atoms with Crippen LogP contribution in [0.1, 0.15) is 29.7 Å². The van der Waals surface area contributed by atoms with Gasteiger partial charge >= 0.3 is 0 Å². The smallest absolute Gasteiger partial charge is 0.161 e. The van der Waals surface area contributed by atoms with Crippen LogP contribution in [0.4, 0.5) is 0 Å². The van der Waals surface area contributed by atoms with Crippen LogP contribution in [0.3, 0.4) is 0 Å². The fraction of sp³-hybridized carbons (Fsp3) is 0.0417. The molecule has 0 saturated carbocycles. The van der Waals surface area contributed by atoms with E-state index in [0.29, 0.717) is 0 Å². The molecule has 242 valence electrons.